The number of anilines is 1. The van der Waals surface area contributed by atoms with Gasteiger partial charge in [0.25, 0.3) is 0 Å². The molecule has 1 aromatic carbocycles. The Balaban J connectivity index is 1.90. The van der Waals surface area contributed by atoms with Crippen molar-refractivity contribution in [3.05, 3.63) is 29.8 Å². The van der Waals surface area contributed by atoms with E-state index < -0.39 is 0 Å². The van der Waals surface area contributed by atoms with Crippen molar-refractivity contribution in [1.29, 1.82) is 0 Å². The number of benzene rings is 1. The fourth-order valence-electron chi connectivity index (χ4n) is 2.35. The standard InChI is InChI=1S/C13H20N2O/c1-16-10-11-6-7-15(8-11)9-12-4-2-3-5-13(12)14/h2-5,11H,6-10,14H2,1H3. The Kier molecular flexibility index (Phi) is 3.80. The van der Waals surface area contributed by atoms with Crippen LogP contribution in [0, 0.1) is 5.92 Å². The maximum Gasteiger partial charge on any atom is 0.0503 e. The third-order valence-corrected chi connectivity index (χ3v) is 3.22. The van der Waals surface area contributed by atoms with Gasteiger partial charge in [-0.2, -0.15) is 0 Å². The number of nitrogens with two attached hydrogens (primary N) is 1. The van der Waals surface area contributed by atoms with Gasteiger partial charge >= 0.3 is 0 Å². The highest BCUT2D eigenvalue weighted by Gasteiger charge is 2.22. The van der Waals surface area contributed by atoms with Gasteiger partial charge < -0.3 is 10.5 Å². The van der Waals surface area contributed by atoms with E-state index in [1.54, 1.807) is 7.11 Å². The summed E-state index contributed by atoms with van der Waals surface area (Å²) in [5.41, 5.74) is 8.08. The Morgan fingerprint density at radius 2 is 2.25 bits per heavy atom. The van der Waals surface area contributed by atoms with Gasteiger partial charge in [-0.3, -0.25) is 4.90 Å². The van der Waals surface area contributed by atoms with Gasteiger partial charge in [-0.15, -0.1) is 0 Å². The minimum Gasteiger partial charge on any atom is -0.398 e. The first-order valence-corrected chi connectivity index (χ1v) is 5.84. The molecule has 1 fully saturated rings. The van der Waals surface area contributed by atoms with Gasteiger partial charge in [0.15, 0.2) is 0 Å². The number of methoxy groups -OCH3 is 1. The van der Waals surface area contributed by atoms with Gasteiger partial charge in [0.05, 0.1) is 6.61 Å². The monoisotopic (exact) mass is 220 g/mol. The molecule has 0 saturated carbocycles. The molecule has 1 aliphatic heterocycles. The molecule has 0 aromatic heterocycles. The van der Waals surface area contributed by atoms with Crippen molar-refractivity contribution < 1.29 is 4.74 Å². The average Bonchev–Trinajstić information content (AvgIpc) is 2.70. The van der Waals surface area contributed by atoms with E-state index in [9.17, 15) is 0 Å². The number of ether oxygens (including phenoxy) is 1. The predicted molar refractivity (Wildman–Crippen MR) is 66.1 cm³/mol. The quantitative estimate of drug-likeness (QED) is 0.785. The van der Waals surface area contributed by atoms with Gasteiger partial charge in [0.1, 0.15) is 0 Å². The highest BCUT2D eigenvalue weighted by Crippen LogP contribution is 2.20. The summed E-state index contributed by atoms with van der Waals surface area (Å²) in [4.78, 5) is 2.45. The van der Waals surface area contributed by atoms with Crippen LogP contribution in [-0.4, -0.2) is 31.7 Å². The van der Waals surface area contributed by atoms with Gasteiger partial charge in [0.2, 0.25) is 0 Å². The summed E-state index contributed by atoms with van der Waals surface area (Å²) in [5, 5.41) is 0. The molecular weight excluding hydrogens is 200 g/mol. The molecule has 1 aliphatic rings. The van der Waals surface area contributed by atoms with Crippen LogP contribution in [0.5, 0.6) is 0 Å². The van der Waals surface area contributed by atoms with Crippen molar-refractivity contribution in [2.45, 2.75) is 13.0 Å². The van der Waals surface area contributed by atoms with E-state index in [4.69, 9.17) is 10.5 Å². The lowest BCUT2D eigenvalue weighted by molar-refractivity contribution is 0.152. The maximum atomic E-state index is 5.94. The topological polar surface area (TPSA) is 38.5 Å². The van der Waals surface area contributed by atoms with E-state index in [0.29, 0.717) is 5.92 Å². The minimum absolute atomic E-state index is 0.690. The summed E-state index contributed by atoms with van der Waals surface area (Å²) >= 11 is 0. The van der Waals surface area contributed by atoms with Gasteiger partial charge in [-0.05, 0) is 30.5 Å². The Morgan fingerprint density at radius 1 is 1.44 bits per heavy atom. The minimum atomic E-state index is 0.690. The van der Waals surface area contributed by atoms with Crippen LogP contribution in [0.1, 0.15) is 12.0 Å². The molecule has 0 radical (unpaired) electrons. The molecule has 16 heavy (non-hydrogen) atoms. The molecule has 3 heteroatoms. The molecule has 3 nitrogen and oxygen atoms in total. The molecule has 1 heterocycles. The molecule has 2 rings (SSSR count). The highest BCUT2D eigenvalue weighted by atomic mass is 16.5. The molecule has 1 aromatic rings. The van der Waals surface area contributed by atoms with Gasteiger partial charge in [-0.25, -0.2) is 0 Å². The number of nitrogen functional groups attached to an aromatic ring is 1. The lowest BCUT2D eigenvalue weighted by Crippen LogP contribution is -2.21. The van der Waals surface area contributed by atoms with Crippen LogP contribution in [0.3, 0.4) is 0 Å². The highest BCUT2D eigenvalue weighted by molar-refractivity contribution is 5.46. The normalized spacial score (nSPS) is 21.4. The van der Waals surface area contributed by atoms with Crippen LogP contribution in [0.25, 0.3) is 0 Å². The van der Waals surface area contributed by atoms with Crippen molar-refractivity contribution in [3.8, 4) is 0 Å². The van der Waals surface area contributed by atoms with Crippen LogP contribution < -0.4 is 5.73 Å². The molecule has 88 valence electrons. The van der Waals surface area contributed by atoms with Crippen molar-refractivity contribution >= 4 is 5.69 Å². The van der Waals surface area contributed by atoms with E-state index in [2.05, 4.69) is 17.0 Å². The van der Waals surface area contributed by atoms with E-state index in [0.717, 1.165) is 31.9 Å². The molecule has 0 bridgehead atoms. The third kappa shape index (κ3) is 2.74. The zero-order chi connectivity index (χ0) is 11.4. The first-order chi connectivity index (χ1) is 7.79. The fraction of sp³-hybridized carbons (Fsp3) is 0.538. The van der Waals surface area contributed by atoms with E-state index in [1.165, 1.54) is 12.0 Å². The molecular formula is C13H20N2O. The second-order valence-corrected chi connectivity index (χ2v) is 4.54. The number of hydrogen-bond donors (Lipinski definition) is 1. The number of rotatable bonds is 4. The molecule has 2 N–H and O–H groups in total. The first kappa shape index (κ1) is 11.4. The van der Waals surface area contributed by atoms with Crippen molar-refractivity contribution in [1.82, 2.24) is 4.90 Å². The Morgan fingerprint density at radius 3 is 3.00 bits per heavy atom. The summed E-state index contributed by atoms with van der Waals surface area (Å²) in [7, 11) is 1.78. The largest absolute Gasteiger partial charge is 0.398 e. The fourth-order valence-corrected chi connectivity index (χ4v) is 2.35. The SMILES string of the molecule is COCC1CCN(Cc2ccccc2N)C1. The Bertz CT molecular complexity index is 340. The molecule has 0 aliphatic carbocycles. The third-order valence-electron chi connectivity index (χ3n) is 3.22. The first-order valence-electron chi connectivity index (χ1n) is 5.84. The number of para-hydroxylation sites is 1. The maximum absolute atomic E-state index is 5.94. The van der Waals surface area contributed by atoms with Crippen LogP contribution >= 0.6 is 0 Å². The van der Waals surface area contributed by atoms with Crippen LogP contribution in [0.4, 0.5) is 5.69 Å². The van der Waals surface area contributed by atoms with Gasteiger partial charge in [-0.1, -0.05) is 18.2 Å². The predicted octanol–water partition coefficient (Wildman–Crippen LogP) is 1.74. The molecule has 1 saturated heterocycles. The van der Waals surface area contributed by atoms with Crippen molar-refractivity contribution in [3.63, 3.8) is 0 Å². The van der Waals surface area contributed by atoms with Gasteiger partial charge in [0, 0.05) is 25.9 Å². The Labute approximate surface area is 97.2 Å². The summed E-state index contributed by atoms with van der Waals surface area (Å²) < 4.78 is 5.20. The summed E-state index contributed by atoms with van der Waals surface area (Å²) in [6.07, 6.45) is 1.24. The van der Waals surface area contributed by atoms with E-state index in [-0.39, 0.29) is 0 Å². The summed E-state index contributed by atoms with van der Waals surface area (Å²) in [6, 6.07) is 8.11. The molecule has 1 atom stereocenters. The molecule has 0 spiro atoms. The van der Waals surface area contributed by atoms with Crippen LogP contribution in [0.15, 0.2) is 24.3 Å². The number of likely N-dealkylation sites (tertiary alicyclic amines) is 1. The summed E-state index contributed by atoms with van der Waals surface area (Å²) in [5.74, 6) is 0.690. The zero-order valence-corrected chi connectivity index (χ0v) is 9.86. The number of nitrogens with zero attached hydrogens (tertiary/aromatic N) is 1. The summed E-state index contributed by atoms with van der Waals surface area (Å²) in [6.45, 7) is 4.12. The smallest absolute Gasteiger partial charge is 0.0503 e. The lowest BCUT2D eigenvalue weighted by atomic mass is 10.1. The van der Waals surface area contributed by atoms with E-state index in [1.807, 2.05) is 12.1 Å². The van der Waals surface area contributed by atoms with E-state index >= 15 is 0 Å². The average molecular weight is 220 g/mol. The van der Waals surface area contributed by atoms with Crippen LogP contribution in [-0.2, 0) is 11.3 Å². The Hall–Kier alpha value is -1.06. The van der Waals surface area contributed by atoms with Crippen LogP contribution in [0.2, 0.25) is 0 Å². The molecule has 1 unspecified atom stereocenters. The number of hydrogen-bond acceptors (Lipinski definition) is 3. The lowest BCUT2D eigenvalue weighted by Gasteiger charge is -2.17. The molecule has 0 amide bonds. The second kappa shape index (κ2) is 5.32. The van der Waals surface area contributed by atoms with Crippen molar-refractivity contribution in [2.24, 2.45) is 5.92 Å². The second-order valence-electron chi connectivity index (χ2n) is 4.54. The zero-order valence-electron chi connectivity index (χ0n) is 9.86. The van der Waals surface area contributed by atoms with Crippen molar-refractivity contribution in [2.75, 3.05) is 32.5 Å².